The predicted molar refractivity (Wildman–Crippen MR) is 113 cm³/mol. The van der Waals surface area contributed by atoms with Crippen molar-refractivity contribution in [2.24, 2.45) is 0 Å². The van der Waals surface area contributed by atoms with Gasteiger partial charge in [-0.2, -0.15) is 0 Å². The number of carbonyl (C=O) groups excluding carboxylic acids is 2. The first-order chi connectivity index (χ1) is 14.0. The Labute approximate surface area is 173 Å². The largest absolute Gasteiger partial charge is 0.465 e. The number of esters is 1. The zero-order valence-electron chi connectivity index (χ0n) is 16.5. The summed E-state index contributed by atoms with van der Waals surface area (Å²) in [6.07, 6.45) is 3.90. The molecule has 0 unspecified atom stereocenters. The molecular weight excluding hydrogens is 392 g/mol. The summed E-state index contributed by atoms with van der Waals surface area (Å²) in [6, 6.07) is 4.63. The van der Waals surface area contributed by atoms with Gasteiger partial charge in [0.1, 0.15) is 0 Å². The molecule has 0 saturated carbocycles. The molecule has 9 heteroatoms. The van der Waals surface area contributed by atoms with Crippen molar-refractivity contribution in [3.05, 3.63) is 38.9 Å². The maximum atomic E-state index is 12.8. The molecule has 0 atom stereocenters. The van der Waals surface area contributed by atoms with E-state index in [1.807, 2.05) is 0 Å². The molecule has 0 bridgehead atoms. The molecule has 156 valence electrons. The number of amides is 1. The lowest BCUT2D eigenvalue weighted by Crippen LogP contribution is -2.38. The van der Waals surface area contributed by atoms with E-state index in [-0.39, 0.29) is 29.2 Å². The fraction of sp³-hybridized carbons (Fsp3) is 0.500. The van der Waals surface area contributed by atoms with Crippen LogP contribution in [0, 0.1) is 4.77 Å². The van der Waals surface area contributed by atoms with E-state index in [2.05, 4.69) is 15.2 Å². The first-order valence-electron chi connectivity index (χ1n) is 9.84. The van der Waals surface area contributed by atoms with Crippen molar-refractivity contribution in [1.82, 2.24) is 19.8 Å². The molecule has 0 spiro atoms. The van der Waals surface area contributed by atoms with Crippen LogP contribution < -0.4 is 10.9 Å². The van der Waals surface area contributed by atoms with Crippen LogP contribution in [0.5, 0.6) is 0 Å². The minimum absolute atomic E-state index is 0.107. The number of carbonyl (C=O) groups is 2. The van der Waals surface area contributed by atoms with Gasteiger partial charge in [0, 0.05) is 26.1 Å². The second-order valence-electron chi connectivity index (χ2n) is 7.14. The molecule has 1 aromatic carbocycles. The summed E-state index contributed by atoms with van der Waals surface area (Å²) < 4.78 is 6.28. The molecule has 1 aromatic heterocycles. The molecule has 1 fully saturated rings. The number of hydrogen-bond donors (Lipinski definition) is 2. The molecule has 3 rings (SSSR count). The Bertz CT molecular complexity index is 1010. The van der Waals surface area contributed by atoms with E-state index in [9.17, 15) is 14.4 Å². The van der Waals surface area contributed by atoms with Crippen LogP contribution in [0.1, 0.15) is 36.0 Å². The lowest BCUT2D eigenvalue weighted by molar-refractivity contribution is -0.121. The van der Waals surface area contributed by atoms with Gasteiger partial charge in [-0.1, -0.05) is 6.42 Å². The fourth-order valence-electron chi connectivity index (χ4n) is 3.54. The third kappa shape index (κ3) is 5.30. The lowest BCUT2D eigenvalue weighted by Gasteiger charge is -2.26. The van der Waals surface area contributed by atoms with Crippen LogP contribution in [-0.2, 0) is 16.1 Å². The molecule has 1 aliphatic heterocycles. The summed E-state index contributed by atoms with van der Waals surface area (Å²) in [5, 5.41) is 3.31. The zero-order chi connectivity index (χ0) is 20.8. The maximum Gasteiger partial charge on any atom is 0.337 e. The van der Waals surface area contributed by atoms with Crippen LogP contribution in [0.3, 0.4) is 0 Å². The highest BCUT2D eigenvalue weighted by Crippen LogP contribution is 2.12. The molecule has 1 amide bonds. The van der Waals surface area contributed by atoms with Crippen molar-refractivity contribution >= 4 is 35.0 Å². The Morgan fingerprint density at radius 2 is 1.97 bits per heavy atom. The fourth-order valence-corrected chi connectivity index (χ4v) is 3.82. The average Bonchev–Trinajstić information content (AvgIpc) is 2.73. The molecule has 0 aliphatic carbocycles. The van der Waals surface area contributed by atoms with Crippen LogP contribution in [0.2, 0.25) is 0 Å². The van der Waals surface area contributed by atoms with E-state index >= 15 is 0 Å². The minimum Gasteiger partial charge on any atom is -0.465 e. The smallest absolute Gasteiger partial charge is 0.337 e. The normalized spacial score (nSPS) is 14.7. The van der Waals surface area contributed by atoms with Gasteiger partial charge in [0.05, 0.1) is 23.6 Å². The molecule has 2 N–H and O–H groups in total. The van der Waals surface area contributed by atoms with E-state index in [4.69, 9.17) is 17.0 Å². The van der Waals surface area contributed by atoms with Crippen LogP contribution in [0.25, 0.3) is 10.9 Å². The summed E-state index contributed by atoms with van der Waals surface area (Å²) in [4.78, 5) is 41.9. The van der Waals surface area contributed by atoms with Gasteiger partial charge in [-0.15, -0.1) is 0 Å². The molecular formula is C20H26N4O4S. The number of ether oxygens (including phenoxy) is 1. The van der Waals surface area contributed by atoms with Gasteiger partial charge in [0.25, 0.3) is 5.56 Å². The van der Waals surface area contributed by atoms with Gasteiger partial charge in [-0.05, 0) is 56.3 Å². The summed E-state index contributed by atoms with van der Waals surface area (Å²) in [6.45, 7) is 3.83. The SMILES string of the molecule is COC(=O)c1ccc2c(=O)n(CCC(=O)NCCN3CCCCC3)c(=S)[nH]c2c1. The van der Waals surface area contributed by atoms with Gasteiger partial charge in [-0.25, -0.2) is 4.79 Å². The van der Waals surface area contributed by atoms with E-state index in [1.54, 1.807) is 6.07 Å². The van der Waals surface area contributed by atoms with Gasteiger partial charge in [-0.3, -0.25) is 14.2 Å². The van der Waals surface area contributed by atoms with Crippen LogP contribution in [0.4, 0.5) is 0 Å². The quantitative estimate of drug-likeness (QED) is 0.526. The number of aromatic nitrogens is 2. The third-order valence-corrected chi connectivity index (χ3v) is 5.49. The predicted octanol–water partition coefficient (Wildman–Crippen LogP) is 1.84. The standard InChI is InChI=1S/C20H26N4O4S/c1-28-19(27)14-5-6-15-16(13-14)22-20(29)24(18(15)26)11-7-17(25)21-8-12-23-9-3-2-4-10-23/h5-6,13H,2-4,7-12H2,1H3,(H,21,25)(H,22,29). The number of likely N-dealkylation sites (tertiary alicyclic amines) is 1. The topological polar surface area (TPSA) is 96.4 Å². The highest BCUT2D eigenvalue weighted by molar-refractivity contribution is 7.71. The highest BCUT2D eigenvalue weighted by atomic mass is 32.1. The number of piperidine rings is 1. The zero-order valence-corrected chi connectivity index (χ0v) is 17.3. The summed E-state index contributed by atoms with van der Waals surface area (Å²) >= 11 is 5.28. The second-order valence-corrected chi connectivity index (χ2v) is 7.53. The number of nitrogens with zero attached hydrogens (tertiary/aromatic N) is 2. The monoisotopic (exact) mass is 418 g/mol. The van der Waals surface area contributed by atoms with E-state index in [0.29, 0.717) is 23.0 Å². The summed E-state index contributed by atoms with van der Waals surface area (Å²) in [5.41, 5.74) is 0.502. The van der Waals surface area contributed by atoms with Crippen molar-refractivity contribution in [2.75, 3.05) is 33.3 Å². The van der Waals surface area contributed by atoms with E-state index in [1.165, 1.54) is 43.1 Å². The second kappa shape index (κ2) is 9.80. The first kappa shape index (κ1) is 21.2. The Morgan fingerprint density at radius 3 is 2.69 bits per heavy atom. The number of aromatic amines is 1. The number of methoxy groups -OCH3 is 1. The van der Waals surface area contributed by atoms with Crippen molar-refractivity contribution in [2.45, 2.75) is 32.2 Å². The average molecular weight is 419 g/mol. The maximum absolute atomic E-state index is 12.8. The van der Waals surface area contributed by atoms with Gasteiger partial charge < -0.3 is 19.9 Å². The first-order valence-corrected chi connectivity index (χ1v) is 10.2. The van der Waals surface area contributed by atoms with E-state index in [0.717, 1.165) is 19.6 Å². The van der Waals surface area contributed by atoms with Crippen molar-refractivity contribution < 1.29 is 14.3 Å². The molecule has 1 saturated heterocycles. The number of benzene rings is 1. The van der Waals surface area contributed by atoms with Gasteiger partial charge in [0.15, 0.2) is 4.77 Å². The van der Waals surface area contributed by atoms with Crippen LogP contribution in [0.15, 0.2) is 23.0 Å². The molecule has 1 aliphatic rings. The highest BCUT2D eigenvalue weighted by Gasteiger charge is 2.12. The van der Waals surface area contributed by atoms with Crippen molar-refractivity contribution in [1.29, 1.82) is 0 Å². The molecule has 8 nitrogen and oxygen atoms in total. The summed E-state index contributed by atoms with van der Waals surface area (Å²) in [7, 11) is 1.30. The Balaban J connectivity index is 1.62. The molecule has 29 heavy (non-hydrogen) atoms. The number of H-pyrrole nitrogens is 1. The number of fused-ring (bicyclic) bond motifs is 1. The lowest BCUT2D eigenvalue weighted by atomic mass is 10.1. The Hall–Kier alpha value is -2.52. The summed E-state index contributed by atoms with van der Waals surface area (Å²) in [5.74, 6) is -0.596. The minimum atomic E-state index is -0.489. The Kier molecular flexibility index (Phi) is 7.16. The van der Waals surface area contributed by atoms with Crippen LogP contribution in [-0.4, -0.2) is 59.6 Å². The van der Waals surface area contributed by atoms with Crippen LogP contribution >= 0.6 is 12.2 Å². The number of nitrogens with one attached hydrogen (secondary N) is 2. The molecule has 2 aromatic rings. The van der Waals surface area contributed by atoms with Crippen molar-refractivity contribution in [3.8, 4) is 0 Å². The Morgan fingerprint density at radius 1 is 1.21 bits per heavy atom. The number of hydrogen-bond acceptors (Lipinski definition) is 6. The third-order valence-electron chi connectivity index (χ3n) is 5.16. The van der Waals surface area contributed by atoms with Crippen molar-refractivity contribution in [3.63, 3.8) is 0 Å². The number of rotatable bonds is 7. The van der Waals surface area contributed by atoms with Gasteiger partial charge >= 0.3 is 5.97 Å². The van der Waals surface area contributed by atoms with E-state index < -0.39 is 5.97 Å². The van der Waals surface area contributed by atoms with Gasteiger partial charge in [0.2, 0.25) is 5.91 Å². The molecule has 2 heterocycles. The molecule has 0 radical (unpaired) electrons.